The summed E-state index contributed by atoms with van der Waals surface area (Å²) in [6.45, 7) is 6.00. The Morgan fingerprint density at radius 2 is 2.05 bits per heavy atom. The van der Waals surface area contributed by atoms with E-state index in [1.54, 1.807) is 29.0 Å². The summed E-state index contributed by atoms with van der Waals surface area (Å²) in [6, 6.07) is 0. The highest BCUT2D eigenvalue weighted by atomic mass is 79.9. The molecular weight excluding hydrogens is 322 g/mol. The maximum atomic E-state index is 12.5. The van der Waals surface area contributed by atoms with E-state index >= 15 is 0 Å². The van der Waals surface area contributed by atoms with Crippen LogP contribution in [0.5, 0.6) is 0 Å². The number of aryl methyl sites for hydroxylation is 2. The molecule has 0 saturated carbocycles. The van der Waals surface area contributed by atoms with Gasteiger partial charge in [0.1, 0.15) is 5.69 Å². The van der Waals surface area contributed by atoms with Crippen LogP contribution in [-0.2, 0) is 19.6 Å². The van der Waals surface area contributed by atoms with Crippen molar-refractivity contribution in [1.82, 2.24) is 24.5 Å². The summed E-state index contributed by atoms with van der Waals surface area (Å²) in [4.78, 5) is 14.2. The third-order valence-electron chi connectivity index (χ3n) is 3.07. The molecule has 0 N–H and O–H groups in total. The zero-order chi connectivity index (χ0) is 14.7. The average molecular weight is 340 g/mol. The van der Waals surface area contributed by atoms with E-state index in [2.05, 4.69) is 26.1 Å². The predicted molar refractivity (Wildman–Crippen MR) is 79.3 cm³/mol. The summed E-state index contributed by atoms with van der Waals surface area (Å²) in [5, 5.41) is 8.38. The molecule has 0 saturated heterocycles. The van der Waals surface area contributed by atoms with Gasteiger partial charge >= 0.3 is 0 Å². The van der Waals surface area contributed by atoms with Crippen molar-refractivity contribution in [3.63, 3.8) is 0 Å². The molecule has 0 aliphatic carbocycles. The van der Waals surface area contributed by atoms with E-state index in [0.717, 1.165) is 16.6 Å². The van der Waals surface area contributed by atoms with Crippen molar-refractivity contribution in [3.8, 4) is 0 Å². The fraction of sp³-hybridized carbons (Fsp3) is 0.462. The second-order valence-electron chi connectivity index (χ2n) is 4.52. The van der Waals surface area contributed by atoms with E-state index in [4.69, 9.17) is 0 Å². The molecule has 0 aliphatic heterocycles. The molecule has 2 heterocycles. The summed E-state index contributed by atoms with van der Waals surface area (Å²) in [6.07, 6.45) is 5.40. The molecule has 2 rings (SSSR count). The van der Waals surface area contributed by atoms with Gasteiger partial charge in [-0.25, -0.2) is 0 Å². The Hall–Kier alpha value is -1.63. The van der Waals surface area contributed by atoms with Crippen molar-refractivity contribution < 1.29 is 4.79 Å². The number of halogens is 1. The van der Waals surface area contributed by atoms with Crippen LogP contribution in [-0.4, -0.2) is 37.4 Å². The minimum Gasteiger partial charge on any atom is -0.336 e. The third-order valence-corrected chi connectivity index (χ3v) is 3.65. The van der Waals surface area contributed by atoms with E-state index in [1.807, 2.05) is 24.7 Å². The van der Waals surface area contributed by atoms with Gasteiger partial charge < -0.3 is 4.90 Å². The molecule has 0 radical (unpaired) electrons. The van der Waals surface area contributed by atoms with Gasteiger partial charge in [0.2, 0.25) is 0 Å². The Bertz CT molecular complexity index is 604. The SMILES string of the molecule is CCn1cc(CN(C)C(=O)c2c(Br)cnn2CC)cn1. The molecule has 1 amide bonds. The lowest BCUT2D eigenvalue weighted by molar-refractivity contribution is 0.0772. The Labute approximate surface area is 126 Å². The molecule has 7 heteroatoms. The molecule has 0 aromatic carbocycles. The highest BCUT2D eigenvalue weighted by Crippen LogP contribution is 2.18. The Kier molecular flexibility index (Phi) is 4.59. The lowest BCUT2D eigenvalue weighted by Gasteiger charge is -2.17. The summed E-state index contributed by atoms with van der Waals surface area (Å²) in [7, 11) is 1.78. The maximum absolute atomic E-state index is 12.5. The van der Waals surface area contributed by atoms with Crippen LogP contribution in [0.1, 0.15) is 29.9 Å². The first-order chi connectivity index (χ1) is 9.56. The minimum absolute atomic E-state index is 0.0551. The molecule has 0 atom stereocenters. The van der Waals surface area contributed by atoms with Gasteiger partial charge in [-0.1, -0.05) is 0 Å². The summed E-state index contributed by atoms with van der Waals surface area (Å²) in [5.41, 5.74) is 1.60. The van der Waals surface area contributed by atoms with Crippen LogP contribution in [0.15, 0.2) is 23.1 Å². The van der Waals surface area contributed by atoms with Crippen molar-refractivity contribution in [2.75, 3.05) is 7.05 Å². The van der Waals surface area contributed by atoms with Crippen LogP contribution in [0.4, 0.5) is 0 Å². The van der Waals surface area contributed by atoms with Gasteiger partial charge in [-0.2, -0.15) is 10.2 Å². The van der Waals surface area contributed by atoms with Crippen LogP contribution in [0.3, 0.4) is 0 Å². The first kappa shape index (κ1) is 14.8. The van der Waals surface area contributed by atoms with Gasteiger partial charge in [0.05, 0.1) is 16.9 Å². The molecule has 0 fully saturated rings. The summed E-state index contributed by atoms with van der Waals surface area (Å²) < 4.78 is 4.26. The monoisotopic (exact) mass is 339 g/mol. The fourth-order valence-electron chi connectivity index (χ4n) is 2.00. The van der Waals surface area contributed by atoms with E-state index in [0.29, 0.717) is 18.8 Å². The smallest absolute Gasteiger partial charge is 0.273 e. The Morgan fingerprint density at radius 1 is 1.30 bits per heavy atom. The average Bonchev–Trinajstić information content (AvgIpc) is 3.04. The first-order valence-corrected chi connectivity index (χ1v) is 7.34. The van der Waals surface area contributed by atoms with Crippen LogP contribution in [0.25, 0.3) is 0 Å². The largest absolute Gasteiger partial charge is 0.336 e. The number of aromatic nitrogens is 4. The molecular formula is C13H18BrN5O. The van der Waals surface area contributed by atoms with Gasteiger partial charge in [0.15, 0.2) is 0 Å². The van der Waals surface area contributed by atoms with Gasteiger partial charge in [-0.05, 0) is 29.8 Å². The second-order valence-corrected chi connectivity index (χ2v) is 5.38. The first-order valence-electron chi connectivity index (χ1n) is 6.54. The maximum Gasteiger partial charge on any atom is 0.273 e. The number of hydrogen-bond acceptors (Lipinski definition) is 3. The van der Waals surface area contributed by atoms with E-state index < -0.39 is 0 Å². The highest BCUT2D eigenvalue weighted by molar-refractivity contribution is 9.10. The summed E-state index contributed by atoms with van der Waals surface area (Å²) in [5.74, 6) is -0.0551. The van der Waals surface area contributed by atoms with Gasteiger partial charge in [0.25, 0.3) is 5.91 Å². The standard InChI is InChI=1S/C13H18BrN5O/c1-4-18-9-10(6-15-18)8-17(3)13(20)12-11(14)7-16-19(12)5-2/h6-7,9H,4-5,8H2,1-3H3. The molecule has 2 aromatic rings. The highest BCUT2D eigenvalue weighted by Gasteiger charge is 2.20. The quantitative estimate of drug-likeness (QED) is 0.838. The van der Waals surface area contributed by atoms with Crippen LogP contribution < -0.4 is 0 Å². The molecule has 108 valence electrons. The molecule has 0 spiro atoms. The lowest BCUT2D eigenvalue weighted by atomic mass is 10.3. The molecule has 6 nitrogen and oxygen atoms in total. The minimum atomic E-state index is -0.0551. The van der Waals surface area contributed by atoms with Gasteiger partial charge in [-0.15, -0.1) is 0 Å². The van der Waals surface area contributed by atoms with Crippen molar-refractivity contribution in [2.45, 2.75) is 33.5 Å². The van der Waals surface area contributed by atoms with Gasteiger partial charge in [0, 0.05) is 38.4 Å². The van der Waals surface area contributed by atoms with E-state index in [1.165, 1.54) is 0 Å². The van der Waals surface area contributed by atoms with Crippen LogP contribution >= 0.6 is 15.9 Å². The zero-order valence-corrected chi connectivity index (χ0v) is 13.5. The molecule has 0 bridgehead atoms. The van der Waals surface area contributed by atoms with Gasteiger partial charge in [-0.3, -0.25) is 14.2 Å². The van der Waals surface area contributed by atoms with Crippen molar-refractivity contribution in [1.29, 1.82) is 0 Å². The summed E-state index contributed by atoms with van der Waals surface area (Å²) >= 11 is 3.38. The van der Waals surface area contributed by atoms with Crippen molar-refractivity contribution in [2.24, 2.45) is 0 Å². The molecule has 0 unspecified atom stereocenters. The van der Waals surface area contributed by atoms with Crippen molar-refractivity contribution >= 4 is 21.8 Å². The van der Waals surface area contributed by atoms with Crippen molar-refractivity contribution in [3.05, 3.63) is 34.3 Å². The molecule has 0 aliphatic rings. The second kappa shape index (κ2) is 6.21. The molecule has 20 heavy (non-hydrogen) atoms. The number of rotatable bonds is 5. The lowest BCUT2D eigenvalue weighted by Crippen LogP contribution is -2.28. The zero-order valence-electron chi connectivity index (χ0n) is 11.9. The normalized spacial score (nSPS) is 10.8. The topological polar surface area (TPSA) is 56.0 Å². The fourth-order valence-corrected chi connectivity index (χ4v) is 2.47. The third kappa shape index (κ3) is 2.92. The Balaban J connectivity index is 2.14. The number of nitrogens with zero attached hydrogens (tertiary/aromatic N) is 5. The number of carbonyl (C=O) groups excluding carboxylic acids is 1. The number of amides is 1. The number of hydrogen-bond donors (Lipinski definition) is 0. The van der Waals surface area contributed by atoms with Crippen LogP contribution in [0, 0.1) is 0 Å². The molecule has 2 aromatic heterocycles. The number of carbonyl (C=O) groups is 1. The van der Waals surface area contributed by atoms with Crippen LogP contribution in [0.2, 0.25) is 0 Å². The van der Waals surface area contributed by atoms with E-state index in [9.17, 15) is 4.79 Å². The predicted octanol–water partition coefficient (Wildman–Crippen LogP) is 2.15. The Morgan fingerprint density at radius 3 is 2.65 bits per heavy atom. The van der Waals surface area contributed by atoms with E-state index in [-0.39, 0.29) is 5.91 Å².